The Morgan fingerprint density at radius 2 is 2.00 bits per heavy atom. The van der Waals surface area contributed by atoms with E-state index in [1.807, 2.05) is 16.7 Å². The standard InChI is InChI=1S/C13H21N5OS2/c14-11-10(12(19)17-4-1-8-20-9-7-17)21-13(16-11)18-5-2-15-3-6-18/h15H,1-9,14H2. The van der Waals surface area contributed by atoms with Gasteiger partial charge in [0, 0.05) is 45.0 Å². The predicted octanol–water partition coefficient (Wildman–Crippen LogP) is 0.714. The molecule has 8 heteroatoms. The lowest BCUT2D eigenvalue weighted by Crippen LogP contribution is -2.43. The van der Waals surface area contributed by atoms with Crippen LogP contribution in [0.1, 0.15) is 16.1 Å². The summed E-state index contributed by atoms with van der Waals surface area (Å²) in [6.07, 6.45) is 1.06. The normalized spacial score (nSPS) is 20.4. The number of hydrogen-bond donors (Lipinski definition) is 2. The molecule has 6 nitrogen and oxygen atoms in total. The summed E-state index contributed by atoms with van der Waals surface area (Å²) in [5, 5.41) is 4.19. The van der Waals surface area contributed by atoms with E-state index in [0.717, 1.165) is 62.3 Å². The molecule has 2 aliphatic rings. The number of rotatable bonds is 2. The van der Waals surface area contributed by atoms with Gasteiger partial charge in [0.1, 0.15) is 10.7 Å². The zero-order valence-corrected chi connectivity index (χ0v) is 13.6. The molecule has 3 N–H and O–H groups in total. The van der Waals surface area contributed by atoms with Crippen LogP contribution in [0.2, 0.25) is 0 Å². The number of nitrogen functional groups attached to an aromatic ring is 1. The number of piperazine rings is 1. The van der Waals surface area contributed by atoms with Crippen LogP contribution in [0.4, 0.5) is 10.9 Å². The molecule has 0 spiro atoms. The number of anilines is 2. The van der Waals surface area contributed by atoms with E-state index in [9.17, 15) is 4.79 Å². The Kier molecular flexibility index (Phi) is 4.87. The Morgan fingerprint density at radius 3 is 2.81 bits per heavy atom. The van der Waals surface area contributed by atoms with Crippen LogP contribution in [0, 0.1) is 0 Å². The molecule has 0 aliphatic carbocycles. The maximum absolute atomic E-state index is 12.6. The second-order valence-electron chi connectivity index (χ2n) is 5.21. The fourth-order valence-corrected chi connectivity index (χ4v) is 4.45. The molecule has 3 heterocycles. The van der Waals surface area contributed by atoms with Gasteiger partial charge in [0.05, 0.1) is 0 Å². The van der Waals surface area contributed by atoms with Gasteiger partial charge in [-0.05, 0) is 12.2 Å². The number of hydrogen-bond acceptors (Lipinski definition) is 7. The predicted molar refractivity (Wildman–Crippen MR) is 89.5 cm³/mol. The van der Waals surface area contributed by atoms with Gasteiger partial charge >= 0.3 is 0 Å². The third kappa shape index (κ3) is 3.44. The van der Waals surface area contributed by atoms with Gasteiger partial charge in [-0.2, -0.15) is 11.8 Å². The van der Waals surface area contributed by atoms with Gasteiger partial charge in [-0.15, -0.1) is 0 Å². The maximum Gasteiger partial charge on any atom is 0.267 e. The van der Waals surface area contributed by atoms with Crippen molar-refractivity contribution in [2.45, 2.75) is 6.42 Å². The van der Waals surface area contributed by atoms with E-state index in [-0.39, 0.29) is 5.91 Å². The minimum atomic E-state index is 0.0499. The second-order valence-corrected chi connectivity index (χ2v) is 7.41. The number of thioether (sulfide) groups is 1. The summed E-state index contributed by atoms with van der Waals surface area (Å²) in [5.74, 6) is 2.58. The summed E-state index contributed by atoms with van der Waals surface area (Å²) in [5.41, 5.74) is 6.00. The van der Waals surface area contributed by atoms with Gasteiger partial charge in [-0.3, -0.25) is 4.79 Å². The number of carbonyl (C=O) groups excluding carboxylic acids is 1. The highest BCUT2D eigenvalue weighted by Gasteiger charge is 2.25. The number of nitrogens with two attached hydrogens (primary N) is 1. The number of thiazole rings is 1. The molecular formula is C13H21N5OS2. The third-order valence-corrected chi connectivity index (χ3v) is 5.90. The Bertz CT molecular complexity index is 493. The average molecular weight is 327 g/mol. The molecule has 0 radical (unpaired) electrons. The van der Waals surface area contributed by atoms with E-state index in [4.69, 9.17) is 5.73 Å². The van der Waals surface area contributed by atoms with E-state index in [1.54, 1.807) is 0 Å². The van der Waals surface area contributed by atoms with E-state index in [0.29, 0.717) is 10.7 Å². The summed E-state index contributed by atoms with van der Waals surface area (Å²) in [7, 11) is 0. The van der Waals surface area contributed by atoms with Crippen molar-refractivity contribution in [3.63, 3.8) is 0 Å². The minimum absolute atomic E-state index is 0.0499. The van der Waals surface area contributed by atoms with E-state index in [1.165, 1.54) is 11.3 Å². The first-order chi connectivity index (χ1) is 10.3. The first-order valence-electron chi connectivity index (χ1n) is 7.34. The van der Waals surface area contributed by atoms with Crippen LogP contribution in [0.15, 0.2) is 0 Å². The second kappa shape index (κ2) is 6.85. The molecule has 1 aromatic rings. The van der Waals surface area contributed by atoms with Crippen LogP contribution in [0.5, 0.6) is 0 Å². The van der Waals surface area contributed by atoms with Crippen LogP contribution >= 0.6 is 23.1 Å². The molecule has 0 unspecified atom stereocenters. The van der Waals surface area contributed by atoms with Crippen LogP contribution < -0.4 is 16.0 Å². The SMILES string of the molecule is Nc1nc(N2CCNCC2)sc1C(=O)N1CCCSCC1. The number of amides is 1. The lowest BCUT2D eigenvalue weighted by Gasteiger charge is -2.26. The lowest BCUT2D eigenvalue weighted by atomic mass is 10.3. The van der Waals surface area contributed by atoms with Crippen molar-refractivity contribution in [1.82, 2.24) is 15.2 Å². The molecule has 1 amide bonds. The monoisotopic (exact) mass is 327 g/mol. The lowest BCUT2D eigenvalue weighted by molar-refractivity contribution is 0.0774. The minimum Gasteiger partial charge on any atom is -0.382 e. The van der Waals surface area contributed by atoms with Crippen molar-refractivity contribution in [3.8, 4) is 0 Å². The van der Waals surface area contributed by atoms with Gasteiger partial charge < -0.3 is 20.9 Å². The van der Waals surface area contributed by atoms with E-state index in [2.05, 4.69) is 15.2 Å². The Balaban J connectivity index is 1.74. The molecule has 0 saturated carbocycles. The van der Waals surface area contributed by atoms with Crippen molar-refractivity contribution in [2.24, 2.45) is 0 Å². The molecule has 1 aromatic heterocycles. The highest BCUT2D eigenvalue weighted by atomic mass is 32.2. The van der Waals surface area contributed by atoms with Gasteiger partial charge in [0.15, 0.2) is 5.13 Å². The number of carbonyl (C=O) groups is 1. The zero-order valence-electron chi connectivity index (χ0n) is 12.0. The van der Waals surface area contributed by atoms with Crippen molar-refractivity contribution >= 4 is 40.0 Å². The number of nitrogens with one attached hydrogen (secondary N) is 1. The first kappa shape index (κ1) is 14.9. The molecule has 116 valence electrons. The topological polar surface area (TPSA) is 74.5 Å². The maximum atomic E-state index is 12.6. The van der Waals surface area contributed by atoms with Gasteiger partial charge in [-0.25, -0.2) is 4.98 Å². The van der Waals surface area contributed by atoms with E-state index >= 15 is 0 Å². The van der Waals surface area contributed by atoms with Crippen LogP contribution in [-0.4, -0.2) is 66.6 Å². The quantitative estimate of drug-likeness (QED) is 0.833. The fourth-order valence-electron chi connectivity index (χ4n) is 2.56. The fraction of sp³-hybridized carbons (Fsp3) is 0.692. The highest BCUT2D eigenvalue weighted by molar-refractivity contribution is 7.99. The molecule has 21 heavy (non-hydrogen) atoms. The number of nitrogens with zero attached hydrogens (tertiary/aromatic N) is 3. The number of aromatic nitrogens is 1. The van der Waals surface area contributed by atoms with Crippen molar-refractivity contribution in [1.29, 1.82) is 0 Å². The Hall–Kier alpha value is -0.990. The molecule has 0 atom stereocenters. The molecule has 2 fully saturated rings. The van der Waals surface area contributed by atoms with Crippen LogP contribution in [0.25, 0.3) is 0 Å². The molecule has 2 aliphatic heterocycles. The Labute approximate surface area is 133 Å². The summed E-state index contributed by atoms with van der Waals surface area (Å²) >= 11 is 3.35. The van der Waals surface area contributed by atoms with Crippen molar-refractivity contribution in [3.05, 3.63) is 4.88 Å². The van der Waals surface area contributed by atoms with Gasteiger partial charge in [0.2, 0.25) is 0 Å². The van der Waals surface area contributed by atoms with Crippen molar-refractivity contribution < 1.29 is 4.79 Å². The molecule has 0 bridgehead atoms. The average Bonchev–Trinajstić information content (AvgIpc) is 2.74. The smallest absolute Gasteiger partial charge is 0.267 e. The summed E-state index contributed by atoms with van der Waals surface area (Å²) < 4.78 is 0. The Morgan fingerprint density at radius 1 is 1.19 bits per heavy atom. The molecule has 3 rings (SSSR count). The summed E-state index contributed by atoms with van der Waals surface area (Å²) in [6, 6.07) is 0. The summed E-state index contributed by atoms with van der Waals surface area (Å²) in [4.78, 5) is 21.8. The molecule has 2 saturated heterocycles. The van der Waals surface area contributed by atoms with Crippen LogP contribution in [0.3, 0.4) is 0 Å². The van der Waals surface area contributed by atoms with Crippen LogP contribution in [-0.2, 0) is 0 Å². The third-order valence-electron chi connectivity index (χ3n) is 3.73. The van der Waals surface area contributed by atoms with Gasteiger partial charge in [0.25, 0.3) is 5.91 Å². The highest BCUT2D eigenvalue weighted by Crippen LogP contribution is 2.30. The van der Waals surface area contributed by atoms with Gasteiger partial charge in [-0.1, -0.05) is 11.3 Å². The molecular weight excluding hydrogens is 306 g/mol. The summed E-state index contributed by atoms with van der Waals surface area (Å²) in [6.45, 7) is 5.37. The van der Waals surface area contributed by atoms with E-state index < -0.39 is 0 Å². The largest absolute Gasteiger partial charge is 0.382 e. The van der Waals surface area contributed by atoms with Crippen molar-refractivity contribution in [2.75, 3.05) is 61.4 Å². The molecule has 0 aromatic carbocycles. The first-order valence-corrected chi connectivity index (χ1v) is 9.32. The zero-order chi connectivity index (χ0) is 14.7.